The van der Waals surface area contributed by atoms with E-state index in [4.69, 9.17) is 0 Å². The lowest BCUT2D eigenvalue weighted by Crippen LogP contribution is -1.99. The third kappa shape index (κ3) is 3.89. The number of benzene rings is 2. The molecule has 6 nitrogen and oxygen atoms in total. The van der Waals surface area contributed by atoms with Crippen molar-refractivity contribution in [2.24, 2.45) is 0 Å². The average molecular weight is 348 g/mol. The summed E-state index contributed by atoms with van der Waals surface area (Å²) in [4.78, 5) is 4.18. The molecule has 2 N–H and O–H groups in total. The number of hydrogen-bond donors (Lipinski definition) is 2. The van der Waals surface area contributed by atoms with E-state index in [-0.39, 0.29) is 0 Å². The van der Waals surface area contributed by atoms with Gasteiger partial charge in [0.15, 0.2) is 5.82 Å². The number of aromatic amines is 1. The minimum Gasteiger partial charge on any atom is -0.356 e. The van der Waals surface area contributed by atoms with Gasteiger partial charge < -0.3 is 5.32 Å². The molecule has 0 radical (unpaired) electrons. The Morgan fingerprint density at radius 3 is 2.68 bits per heavy atom. The quantitative estimate of drug-likeness (QED) is 0.557. The summed E-state index contributed by atoms with van der Waals surface area (Å²) in [6.45, 7) is 0.682. The number of nitrogens with zero attached hydrogens (tertiary/aromatic N) is 4. The largest absolute Gasteiger partial charge is 0.356 e. The Morgan fingerprint density at radius 1 is 0.960 bits per heavy atom. The summed E-state index contributed by atoms with van der Waals surface area (Å²) in [7, 11) is 0. The first-order valence-corrected chi connectivity index (χ1v) is 8.73. The number of anilines is 1. The van der Waals surface area contributed by atoms with Gasteiger partial charge in [0.25, 0.3) is 0 Å². The van der Waals surface area contributed by atoms with Crippen molar-refractivity contribution < 1.29 is 0 Å². The molecule has 2 heterocycles. The molecule has 0 bridgehead atoms. The van der Waals surface area contributed by atoms with Crippen molar-refractivity contribution in [2.75, 3.05) is 5.32 Å². The van der Waals surface area contributed by atoms with Gasteiger partial charge in [-0.3, -0.25) is 5.10 Å². The van der Waals surface area contributed by atoms with E-state index in [0.29, 0.717) is 6.54 Å². The Balaban J connectivity index is 1.40. The Labute approximate surface area is 149 Å². The first kappa shape index (κ1) is 15.5. The van der Waals surface area contributed by atoms with E-state index in [1.807, 2.05) is 30.3 Å². The van der Waals surface area contributed by atoms with Gasteiger partial charge in [-0.25, -0.2) is 4.98 Å². The first-order chi connectivity index (χ1) is 12.4. The van der Waals surface area contributed by atoms with Gasteiger partial charge >= 0.3 is 0 Å². The molecule has 4 aromatic rings. The van der Waals surface area contributed by atoms with Crippen LogP contribution in [-0.4, -0.2) is 25.4 Å². The summed E-state index contributed by atoms with van der Waals surface area (Å²) in [5, 5.41) is 20.4. The molecule has 25 heavy (non-hydrogen) atoms. The van der Waals surface area contributed by atoms with E-state index in [1.54, 1.807) is 11.3 Å². The summed E-state index contributed by atoms with van der Waals surface area (Å²) in [6.07, 6.45) is 2.32. The Morgan fingerprint density at radius 2 is 1.84 bits per heavy atom. The highest BCUT2D eigenvalue weighted by Crippen LogP contribution is 2.20. The number of rotatable bonds is 6. The molecule has 2 aromatic carbocycles. The Bertz CT molecular complexity index is 933. The summed E-state index contributed by atoms with van der Waals surface area (Å²) < 4.78 is 0. The van der Waals surface area contributed by atoms with Gasteiger partial charge in [0.1, 0.15) is 11.3 Å². The van der Waals surface area contributed by atoms with Crippen LogP contribution in [0.2, 0.25) is 0 Å². The predicted octanol–water partition coefficient (Wildman–Crippen LogP) is 3.53. The maximum absolute atomic E-state index is 4.26. The second-order valence-electron chi connectivity index (χ2n) is 5.55. The number of H-pyrrole nitrogens is 1. The number of aromatic nitrogens is 5. The highest BCUT2D eigenvalue weighted by atomic mass is 32.1. The average Bonchev–Trinajstić information content (AvgIpc) is 3.33. The molecule has 4 rings (SSSR count). The molecule has 7 heteroatoms. The Kier molecular flexibility index (Phi) is 4.47. The van der Waals surface area contributed by atoms with Crippen LogP contribution in [0.5, 0.6) is 0 Å². The van der Waals surface area contributed by atoms with E-state index in [9.17, 15) is 0 Å². The monoisotopic (exact) mass is 348 g/mol. The fourth-order valence-corrected chi connectivity index (χ4v) is 3.29. The molecule has 0 saturated carbocycles. The smallest absolute Gasteiger partial charge is 0.205 e. The second-order valence-corrected chi connectivity index (χ2v) is 6.61. The third-order valence-electron chi connectivity index (χ3n) is 3.72. The first-order valence-electron chi connectivity index (χ1n) is 7.92. The van der Waals surface area contributed by atoms with Crippen LogP contribution < -0.4 is 5.32 Å². The van der Waals surface area contributed by atoms with Crippen LogP contribution >= 0.6 is 11.3 Å². The van der Waals surface area contributed by atoms with Crippen LogP contribution in [0.15, 0.2) is 60.9 Å². The van der Waals surface area contributed by atoms with E-state index in [1.165, 1.54) is 11.9 Å². The van der Waals surface area contributed by atoms with E-state index >= 15 is 0 Å². The third-order valence-corrected chi connectivity index (χ3v) is 4.61. The van der Waals surface area contributed by atoms with Crippen LogP contribution in [0.25, 0.3) is 11.4 Å². The normalized spacial score (nSPS) is 10.7. The van der Waals surface area contributed by atoms with E-state index in [2.05, 4.69) is 55.0 Å². The van der Waals surface area contributed by atoms with Gasteiger partial charge in [0, 0.05) is 18.5 Å². The molecular weight excluding hydrogens is 332 g/mol. The predicted molar refractivity (Wildman–Crippen MR) is 98.3 cm³/mol. The molecule has 0 amide bonds. The van der Waals surface area contributed by atoms with Crippen molar-refractivity contribution in [1.82, 2.24) is 25.4 Å². The van der Waals surface area contributed by atoms with Gasteiger partial charge in [-0.2, -0.15) is 5.10 Å². The topological polar surface area (TPSA) is 79.4 Å². The lowest BCUT2D eigenvalue weighted by atomic mass is 10.1. The van der Waals surface area contributed by atoms with Crippen LogP contribution in [0.3, 0.4) is 0 Å². The molecule has 0 aliphatic heterocycles. The second kappa shape index (κ2) is 7.23. The summed E-state index contributed by atoms with van der Waals surface area (Å²) in [6, 6.07) is 18.5. The maximum atomic E-state index is 4.26. The molecule has 0 spiro atoms. The minimum absolute atomic E-state index is 0.682. The fraction of sp³-hybridized carbons (Fsp3) is 0.111. The summed E-state index contributed by atoms with van der Waals surface area (Å²) in [5.41, 5.74) is 3.40. The lowest BCUT2D eigenvalue weighted by molar-refractivity contribution is 0.991. The van der Waals surface area contributed by atoms with Crippen LogP contribution in [-0.2, 0) is 13.0 Å². The van der Waals surface area contributed by atoms with Crippen molar-refractivity contribution in [3.8, 4) is 11.4 Å². The van der Waals surface area contributed by atoms with Crippen molar-refractivity contribution in [1.29, 1.82) is 0 Å². The van der Waals surface area contributed by atoms with Gasteiger partial charge in [-0.15, -0.1) is 10.2 Å². The highest BCUT2D eigenvalue weighted by Gasteiger charge is 2.06. The van der Waals surface area contributed by atoms with E-state index < -0.39 is 0 Å². The van der Waals surface area contributed by atoms with Crippen molar-refractivity contribution >= 4 is 16.5 Å². The Hall–Kier alpha value is -3.06. The molecule has 2 aromatic heterocycles. The molecule has 0 atom stereocenters. The molecule has 0 saturated heterocycles. The zero-order valence-electron chi connectivity index (χ0n) is 13.4. The standard InChI is InChI=1S/C18H16N6S/c1-2-5-13(6-3-1)10-16-22-24-18(25-16)19-11-14-7-4-8-15(9-14)17-20-12-21-23-17/h1-9,12H,10-11H2,(H,19,24)(H,20,21,23). The van der Waals surface area contributed by atoms with Crippen LogP contribution in [0.4, 0.5) is 5.13 Å². The van der Waals surface area contributed by atoms with Crippen molar-refractivity contribution in [3.63, 3.8) is 0 Å². The van der Waals surface area contributed by atoms with Gasteiger partial charge in [-0.1, -0.05) is 59.9 Å². The SMILES string of the molecule is c1ccc(Cc2nnc(NCc3cccc(-c4ncn[nH]4)c3)s2)cc1. The van der Waals surface area contributed by atoms with Crippen LogP contribution in [0.1, 0.15) is 16.1 Å². The van der Waals surface area contributed by atoms with Gasteiger partial charge in [0.2, 0.25) is 5.13 Å². The molecule has 124 valence electrons. The molecule has 0 aliphatic rings. The number of nitrogens with one attached hydrogen (secondary N) is 2. The van der Waals surface area contributed by atoms with E-state index in [0.717, 1.165) is 33.5 Å². The maximum Gasteiger partial charge on any atom is 0.205 e. The minimum atomic E-state index is 0.682. The van der Waals surface area contributed by atoms with Crippen molar-refractivity contribution in [2.45, 2.75) is 13.0 Å². The van der Waals surface area contributed by atoms with Gasteiger partial charge in [0.05, 0.1) is 0 Å². The van der Waals surface area contributed by atoms with Crippen LogP contribution in [0, 0.1) is 0 Å². The molecule has 0 fully saturated rings. The summed E-state index contributed by atoms with van der Waals surface area (Å²) in [5.74, 6) is 0.767. The van der Waals surface area contributed by atoms with Gasteiger partial charge in [-0.05, 0) is 17.2 Å². The highest BCUT2D eigenvalue weighted by molar-refractivity contribution is 7.15. The zero-order chi connectivity index (χ0) is 16.9. The lowest BCUT2D eigenvalue weighted by Gasteiger charge is -2.04. The molecular formula is C18H16N6S. The fourth-order valence-electron chi connectivity index (χ4n) is 2.52. The number of hydrogen-bond acceptors (Lipinski definition) is 6. The zero-order valence-corrected chi connectivity index (χ0v) is 14.2. The van der Waals surface area contributed by atoms with Crippen molar-refractivity contribution in [3.05, 3.63) is 77.1 Å². The summed E-state index contributed by atoms with van der Waals surface area (Å²) >= 11 is 1.59. The molecule has 0 unspecified atom stereocenters. The molecule has 0 aliphatic carbocycles.